The Morgan fingerprint density at radius 2 is 1.00 bits per heavy atom. The first-order valence-corrected chi connectivity index (χ1v) is 12.8. The van der Waals surface area contributed by atoms with Crippen LogP contribution in [0.15, 0.2) is 72.8 Å². The minimum atomic E-state index is 0.225. The minimum absolute atomic E-state index is 0.225. The van der Waals surface area contributed by atoms with Crippen LogP contribution in [0.25, 0.3) is 0 Å². The van der Waals surface area contributed by atoms with Gasteiger partial charge in [-0.2, -0.15) is 0 Å². The lowest BCUT2D eigenvalue weighted by molar-refractivity contribution is 0.105. The van der Waals surface area contributed by atoms with Crippen LogP contribution in [0.2, 0.25) is 0 Å². The summed E-state index contributed by atoms with van der Waals surface area (Å²) in [4.78, 5) is 0. The first-order chi connectivity index (χ1) is 16.4. The Kier molecular flexibility index (Phi) is 9.92. The number of hydrogen-bond donors (Lipinski definition) is 0. The van der Waals surface area contributed by atoms with Crippen LogP contribution in [0, 0.1) is 0 Å². The van der Waals surface area contributed by atoms with Crippen molar-refractivity contribution in [2.75, 3.05) is 0 Å². The summed E-state index contributed by atoms with van der Waals surface area (Å²) in [6.45, 7) is 13.9. The molecule has 3 aromatic rings. The van der Waals surface area contributed by atoms with E-state index in [9.17, 15) is 0 Å². The summed E-state index contributed by atoms with van der Waals surface area (Å²) in [6, 6.07) is 26.3. The Balaban J connectivity index is 1.39. The van der Waals surface area contributed by atoms with E-state index >= 15 is 0 Å². The predicted octanol–water partition coefficient (Wildman–Crippen LogP) is 8.71. The number of benzene rings is 3. The molecule has 0 amide bonds. The van der Waals surface area contributed by atoms with Crippen molar-refractivity contribution >= 4 is 0 Å². The second kappa shape index (κ2) is 12.9. The van der Waals surface area contributed by atoms with Crippen molar-refractivity contribution in [3.05, 3.63) is 106 Å². The molecule has 2 nitrogen and oxygen atoms in total. The minimum Gasteiger partial charge on any atom is -0.372 e. The molecular weight excluding hydrogens is 416 g/mol. The van der Waals surface area contributed by atoms with E-state index in [2.05, 4.69) is 107 Å². The molecule has 0 saturated carbocycles. The number of ether oxygens (including phenoxy) is 2. The summed E-state index contributed by atoms with van der Waals surface area (Å²) in [6.07, 6.45) is 3.60. The Labute approximate surface area is 207 Å². The van der Waals surface area contributed by atoms with E-state index in [1.54, 1.807) is 0 Å². The van der Waals surface area contributed by atoms with Gasteiger partial charge in [-0.25, -0.2) is 0 Å². The molecule has 0 heterocycles. The van der Waals surface area contributed by atoms with Gasteiger partial charge < -0.3 is 9.47 Å². The van der Waals surface area contributed by atoms with Crippen molar-refractivity contribution in [2.24, 2.45) is 0 Å². The molecule has 0 radical (unpaired) electrons. The summed E-state index contributed by atoms with van der Waals surface area (Å²) in [5.74, 6) is 0.626. The van der Waals surface area contributed by atoms with E-state index < -0.39 is 0 Å². The fourth-order valence-corrected chi connectivity index (χ4v) is 4.10. The zero-order valence-electron chi connectivity index (χ0n) is 21.8. The smallest absolute Gasteiger partial charge is 0.0721 e. The van der Waals surface area contributed by atoms with Crippen LogP contribution in [-0.4, -0.2) is 0 Å². The number of rotatable bonds is 13. The Morgan fingerprint density at radius 1 is 0.618 bits per heavy atom. The molecule has 3 rings (SSSR count). The molecule has 0 aliphatic rings. The topological polar surface area (TPSA) is 18.5 Å². The first kappa shape index (κ1) is 26.2. The van der Waals surface area contributed by atoms with E-state index in [0.717, 1.165) is 6.42 Å². The zero-order valence-corrected chi connectivity index (χ0v) is 21.8. The van der Waals surface area contributed by atoms with E-state index in [4.69, 9.17) is 9.47 Å². The van der Waals surface area contributed by atoms with Gasteiger partial charge in [-0.1, -0.05) is 114 Å². The largest absolute Gasteiger partial charge is 0.372 e. The molecule has 0 aliphatic carbocycles. The maximum atomic E-state index is 5.95. The third-order valence-electron chi connectivity index (χ3n) is 6.99. The summed E-state index contributed by atoms with van der Waals surface area (Å²) >= 11 is 0. The number of hydrogen-bond acceptors (Lipinski definition) is 2. The third-order valence-corrected chi connectivity index (χ3v) is 6.99. The van der Waals surface area contributed by atoms with Gasteiger partial charge in [0.1, 0.15) is 0 Å². The first-order valence-electron chi connectivity index (χ1n) is 12.8. The van der Waals surface area contributed by atoms with E-state index in [-0.39, 0.29) is 5.41 Å². The molecule has 1 unspecified atom stereocenters. The van der Waals surface area contributed by atoms with Crippen LogP contribution >= 0.6 is 0 Å². The van der Waals surface area contributed by atoms with Gasteiger partial charge >= 0.3 is 0 Å². The molecule has 0 fully saturated rings. The third kappa shape index (κ3) is 7.82. The Morgan fingerprint density at radius 3 is 1.38 bits per heavy atom. The molecule has 0 N–H and O–H groups in total. The maximum absolute atomic E-state index is 5.95. The fourth-order valence-electron chi connectivity index (χ4n) is 4.10. The Hall–Kier alpha value is -2.42. The molecule has 0 aromatic heterocycles. The van der Waals surface area contributed by atoms with E-state index in [1.165, 1.54) is 46.2 Å². The standard InChI is InChI=1S/C32H42O2/c1-6-8-25(3)30-17-13-28(14-18-30)23-33-21-26-9-11-27(12-10-26)22-34-24-29-15-19-31(20-16-29)32(4,5)7-2/h9-20,25H,6-8,21-24H2,1-5H3. The molecule has 3 aromatic carbocycles. The average molecular weight is 459 g/mol. The second-order valence-electron chi connectivity index (χ2n) is 10.2. The summed E-state index contributed by atoms with van der Waals surface area (Å²) in [5, 5.41) is 0. The highest BCUT2D eigenvalue weighted by atomic mass is 16.5. The lowest BCUT2D eigenvalue weighted by Crippen LogP contribution is -2.15. The summed E-state index contributed by atoms with van der Waals surface area (Å²) < 4.78 is 11.9. The molecule has 2 heteroatoms. The monoisotopic (exact) mass is 458 g/mol. The van der Waals surface area contributed by atoms with Crippen molar-refractivity contribution in [1.29, 1.82) is 0 Å². The highest BCUT2D eigenvalue weighted by Gasteiger charge is 2.17. The van der Waals surface area contributed by atoms with Gasteiger partial charge in [-0.3, -0.25) is 0 Å². The molecule has 0 bridgehead atoms. The molecule has 1 atom stereocenters. The normalized spacial score (nSPS) is 12.6. The molecule has 182 valence electrons. The van der Waals surface area contributed by atoms with Crippen molar-refractivity contribution in [2.45, 2.75) is 91.6 Å². The molecule has 0 spiro atoms. The van der Waals surface area contributed by atoms with E-state index in [1.807, 2.05) is 0 Å². The summed E-state index contributed by atoms with van der Waals surface area (Å²) in [7, 11) is 0. The van der Waals surface area contributed by atoms with Crippen LogP contribution in [-0.2, 0) is 41.3 Å². The van der Waals surface area contributed by atoms with Crippen molar-refractivity contribution in [3.8, 4) is 0 Å². The molecule has 0 saturated heterocycles. The average Bonchev–Trinajstić information content (AvgIpc) is 2.86. The van der Waals surface area contributed by atoms with Crippen LogP contribution in [0.1, 0.15) is 93.2 Å². The molecular formula is C32H42O2. The van der Waals surface area contributed by atoms with Gasteiger partial charge in [0, 0.05) is 0 Å². The second-order valence-corrected chi connectivity index (χ2v) is 10.2. The quantitative estimate of drug-likeness (QED) is 0.255. The zero-order chi connectivity index (χ0) is 24.4. The van der Waals surface area contributed by atoms with Crippen molar-refractivity contribution in [1.82, 2.24) is 0 Å². The van der Waals surface area contributed by atoms with Gasteiger partial charge in [0.2, 0.25) is 0 Å². The van der Waals surface area contributed by atoms with Crippen LogP contribution < -0.4 is 0 Å². The lowest BCUT2D eigenvalue weighted by atomic mass is 9.82. The van der Waals surface area contributed by atoms with E-state index in [0.29, 0.717) is 32.3 Å². The van der Waals surface area contributed by atoms with Crippen LogP contribution in [0.5, 0.6) is 0 Å². The van der Waals surface area contributed by atoms with Crippen molar-refractivity contribution < 1.29 is 9.47 Å². The molecule has 34 heavy (non-hydrogen) atoms. The van der Waals surface area contributed by atoms with Crippen molar-refractivity contribution in [3.63, 3.8) is 0 Å². The fraction of sp³-hybridized carbons (Fsp3) is 0.438. The molecule has 0 aliphatic heterocycles. The van der Waals surface area contributed by atoms with Gasteiger partial charge in [0.15, 0.2) is 0 Å². The van der Waals surface area contributed by atoms with Crippen LogP contribution in [0.4, 0.5) is 0 Å². The highest BCUT2D eigenvalue weighted by Crippen LogP contribution is 2.27. The van der Waals surface area contributed by atoms with Gasteiger partial charge in [0.05, 0.1) is 26.4 Å². The Bertz CT molecular complexity index is 969. The maximum Gasteiger partial charge on any atom is 0.0721 e. The van der Waals surface area contributed by atoms with Gasteiger partial charge in [0.25, 0.3) is 0 Å². The lowest BCUT2D eigenvalue weighted by Gasteiger charge is -2.23. The summed E-state index contributed by atoms with van der Waals surface area (Å²) in [5.41, 5.74) is 7.84. The predicted molar refractivity (Wildman–Crippen MR) is 143 cm³/mol. The van der Waals surface area contributed by atoms with Gasteiger partial charge in [-0.15, -0.1) is 0 Å². The van der Waals surface area contributed by atoms with Gasteiger partial charge in [-0.05, 0) is 57.6 Å². The van der Waals surface area contributed by atoms with Crippen LogP contribution in [0.3, 0.4) is 0 Å². The highest BCUT2D eigenvalue weighted by molar-refractivity contribution is 5.28. The SMILES string of the molecule is CCCC(C)c1ccc(COCc2ccc(COCc3ccc(C(C)(C)CC)cc3)cc2)cc1.